The van der Waals surface area contributed by atoms with Gasteiger partial charge >= 0.3 is 0 Å². The van der Waals surface area contributed by atoms with Gasteiger partial charge in [0.2, 0.25) is 0 Å². The fraction of sp³-hybridized carbons (Fsp3) is 0.444. The van der Waals surface area contributed by atoms with Crippen LogP contribution in [0.4, 0.5) is 5.69 Å². The lowest BCUT2D eigenvalue weighted by Crippen LogP contribution is -2.09. The molecule has 1 aromatic heterocycles. The van der Waals surface area contributed by atoms with E-state index >= 15 is 0 Å². The third kappa shape index (κ3) is 1.95. The van der Waals surface area contributed by atoms with E-state index in [4.69, 9.17) is 0 Å². The lowest BCUT2D eigenvalue weighted by atomic mass is 10.2. The van der Waals surface area contributed by atoms with E-state index in [1.807, 2.05) is 31.1 Å². The van der Waals surface area contributed by atoms with E-state index in [-0.39, 0.29) is 0 Å². The van der Waals surface area contributed by atoms with Crippen molar-refractivity contribution in [1.82, 2.24) is 4.98 Å². The molecule has 0 aromatic carbocycles. The molecule has 3 nitrogen and oxygen atoms in total. The number of rotatable bonds is 2. The maximum Gasteiger partial charge on any atom is 0.0932 e. The fourth-order valence-electron chi connectivity index (χ4n) is 0.943. The average Bonchev–Trinajstić information content (AvgIpc) is 2.04. The van der Waals surface area contributed by atoms with E-state index in [1.54, 1.807) is 13.1 Å². The van der Waals surface area contributed by atoms with E-state index in [1.165, 1.54) is 0 Å². The number of aliphatic hydroxyl groups excluding tert-OH is 1. The van der Waals surface area contributed by atoms with Crippen LogP contribution in [-0.4, -0.2) is 24.2 Å². The molecule has 3 heteroatoms. The third-order valence-electron chi connectivity index (χ3n) is 1.71. The Kier molecular flexibility index (Phi) is 2.65. The van der Waals surface area contributed by atoms with Gasteiger partial charge in [-0.25, -0.2) is 0 Å². The normalized spacial score (nSPS) is 12.7. The molecule has 0 aliphatic heterocycles. The first-order valence-electron chi connectivity index (χ1n) is 3.92. The standard InChI is InChI=1S/C9H14N2O/c1-7(12)9-6-8(11(2)3)4-5-10-9/h4-7,12H,1-3H3/t7-/m1/s1. The zero-order valence-corrected chi connectivity index (χ0v) is 7.65. The minimum absolute atomic E-state index is 0.495. The van der Waals surface area contributed by atoms with Gasteiger partial charge in [-0.05, 0) is 19.1 Å². The van der Waals surface area contributed by atoms with Crippen LogP contribution in [0.1, 0.15) is 18.7 Å². The monoisotopic (exact) mass is 166 g/mol. The van der Waals surface area contributed by atoms with Crippen LogP contribution in [0, 0.1) is 0 Å². The summed E-state index contributed by atoms with van der Waals surface area (Å²) in [6.45, 7) is 1.71. The molecule has 0 saturated heterocycles. The Balaban J connectivity index is 2.96. The Labute approximate surface area is 72.7 Å². The smallest absolute Gasteiger partial charge is 0.0932 e. The van der Waals surface area contributed by atoms with Gasteiger partial charge in [0.15, 0.2) is 0 Å². The first-order chi connectivity index (χ1) is 5.61. The highest BCUT2D eigenvalue weighted by Crippen LogP contribution is 2.15. The first kappa shape index (κ1) is 9.00. The summed E-state index contributed by atoms with van der Waals surface area (Å²) in [6.07, 6.45) is 1.21. The van der Waals surface area contributed by atoms with Gasteiger partial charge < -0.3 is 10.0 Å². The van der Waals surface area contributed by atoms with Gasteiger partial charge in [-0.1, -0.05) is 0 Å². The van der Waals surface area contributed by atoms with Crippen LogP contribution in [0.2, 0.25) is 0 Å². The lowest BCUT2D eigenvalue weighted by molar-refractivity contribution is 0.194. The number of aliphatic hydroxyl groups is 1. The number of nitrogens with zero attached hydrogens (tertiary/aromatic N) is 2. The topological polar surface area (TPSA) is 36.4 Å². The second kappa shape index (κ2) is 3.54. The van der Waals surface area contributed by atoms with Crippen molar-refractivity contribution in [2.75, 3.05) is 19.0 Å². The van der Waals surface area contributed by atoms with Gasteiger partial charge in [0.05, 0.1) is 11.8 Å². The maximum absolute atomic E-state index is 9.25. The molecule has 0 aliphatic rings. The van der Waals surface area contributed by atoms with Crippen LogP contribution in [0.3, 0.4) is 0 Å². The Morgan fingerprint density at radius 2 is 2.17 bits per heavy atom. The lowest BCUT2D eigenvalue weighted by Gasteiger charge is -2.13. The quantitative estimate of drug-likeness (QED) is 0.717. The number of hydrogen-bond acceptors (Lipinski definition) is 3. The van der Waals surface area contributed by atoms with Crippen molar-refractivity contribution in [2.24, 2.45) is 0 Å². The average molecular weight is 166 g/mol. The van der Waals surface area contributed by atoms with Gasteiger partial charge in [0, 0.05) is 26.0 Å². The largest absolute Gasteiger partial charge is 0.387 e. The van der Waals surface area contributed by atoms with Gasteiger partial charge in [0.1, 0.15) is 0 Å². The minimum Gasteiger partial charge on any atom is -0.387 e. The van der Waals surface area contributed by atoms with Crippen molar-refractivity contribution in [3.8, 4) is 0 Å². The summed E-state index contributed by atoms with van der Waals surface area (Å²) in [5.74, 6) is 0. The van der Waals surface area contributed by atoms with Crippen molar-refractivity contribution in [3.05, 3.63) is 24.0 Å². The second-order valence-electron chi connectivity index (χ2n) is 3.01. The minimum atomic E-state index is -0.495. The van der Waals surface area contributed by atoms with E-state index in [0.29, 0.717) is 5.69 Å². The van der Waals surface area contributed by atoms with E-state index in [9.17, 15) is 5.11 Å². The van der Waals surface area contributed by atoms with E-state index in [2.05, 4.69) is 4.98 Å². The maximum atomic E-state index is 9.25. The summed E-state index contributed by atoms with van der Waals surface area (Å²) in [7, 11) is 3.92. The molecular weight excluding hydrogens is 152 g/mol. The van der Waals surface area contributed by atoms with Crippen molar-refractivity contribution in [3.63, 3.8) is 0 Å². The van der Waals surface area contributed by atoms with E-state index < -0.39 is 6.10 Å². The molecule has 0 spiro atoms. The van der Waals surface area contributed by atoms with Crippen molar-refractivity contribution < 1.29 is 5.11 Å². The van der Waals surface area contributed by atoms with Gasteiger partial charge in [-0.3, -0.25) is 4.98 Å². The molecule has 12 heavy (non-hydrogen) atoms. The molecule has 1 N–H and O–H groups in total. The molecule has 1 rings (SSSR count). The highest BCUT2D eigenvalue weighted by Gasteiger charge is 2.03. The van der Waals surface area contributed by atoms with Gasteiger partial charge in [0.25, 0.3) is 0 Å². The van der Waals surface area contributed by atoms with Crippen molar-refractivity contribution >= 4 is 5.69 Å². The highest BCUT2D eigenvalue weighted by atomic mass is 16.3. The molecule has 0 radical (unpaired) electrons. The molecule has 0 fully saturated rings. The summed E-state index contributed by atoms with van der Waals surface area (Å²) in [5.41, 5.74) is 1.77. The van der Waals surface area contributed by atoms with Gasteiger partial charge in [-0.2, -0.15) is 0 Å². The Morgan fingerprint density at radius 3 is 2.67 bits per heavy atom. The zero-order chi connectivity index (χ0) is 9.14. The fourth-order valence-corrected chi connectivity index (χ4v) is 0.943. The molecule has 1 aromatic rings. The molecule has 0 amide bonds. The number of hydrogen-bond donors (Lipinski definition) is 1. The van der Waals surface area contributed by atoms with Gasteiger partial charge in [-0.15, -0.1) is 0 Å². The van der Waals surface area contributed by atoms with Crippen molar-refractivity contribution in [1.29, 1.82) is 0 Å². The summed E-state index contributed by atoms with van der Waals surface area (Å²) in [4.78, 5) is 6.02. The van der Waals surface area contributed by atoms with Crippen LogP contribution >= 0.6 is 0 Å². The zero-order valence-electron chi connectivity index (χ0n) is 7.65. The molecular formula is C9H14N2O. The molecule has 0 saturated carbocycles. The summed E-state index contributed by atoms with van der Waals surface area (Å²) >= 11 is 0. The summed E-state index contributed by atoms with van der Waals surface area (Å²) in [5, 5.41) is 9.25. The molecule has 0 aliphatic carbocycles. The summed E-state index contributed by atoms with van der Waals surface area (Å²) < 4.78 is 0. The Morgan fingerprint density at radius 1 is 1.50 bits per heavy atom. The number of anilines is 1. The Hall–Kier alpha value is -1.09. The molecule has 66 valence electrons. The summed E-state index contributed by atoms with van der Waals surface area (Å²) in [6, 6.07) is 3.79. The van der Waals surface area contributed by atoms with Crippen LogP contribution in [0.25, 0.3) is 0 Å². The predicted octanol–water partition coefficient (Wildman–Crippen LogP) is 1.20. The van der Waals surface area contributed by atoms with Crippen LogP contribution in [0.15, 0.2) is 18.3 Å². The van der Waals surface area contributed by atoms with Crippen LogP contribution in [-0.2, 0) is 0 Å². The number of pyridine rings is 1. The molecule has 0 unspecified atom stereocenters. The predicted molar refractivity (Wildman–Crippen MR) is 49.2 cm³/mol. The van der Waals surface area contributed by atoms with Crippen molar-refractivity contribution in [2.45, 2.75) is 13.0 Å². The van der Waals surface area contributed by atoms with E-state index in [0.717, 1.165) is 5.69 Å². The molecule has 0 bridgehead atoms. The Bertz CT molecular complexity index is 235. The highest BCUT2D eigenvalue weighted by molar-refractivity contribution is 5.44. The molecule has 1 atom stereocenters. The molecule has 1 heterocycles. The van der Waals surface area contributed by atoms with Crippen LogP contribution in [0.5, 0.6) is 0 Å². The SMILES string of the molecule is C[C@@H](O)c1cc(N(C)C)ccn1. The van der Waals surface area contributed by atoms with Crippen LogP contribution < -0.4 is 4.90 Å². The third-order valence-corrected chi connectivity index (χ3v) is 1.71. The first-order valence-corrected chi connectivity index (χ1v) is 3.92. The second-order valence-corrected chi connectivity index (χ2v) is 3.01. The number of aromatic nitrogens is 1.